The van der Waals surface area contributed by atoms with E-state index in [1.165, 1.54) is 6.08 Å². The van der Waals surface area contributed by atoms with Gasteiger partial charge < -0.3 is 9.64 Å². The smallest absolute Gasteiger partial charge is 0.245 e. The van der Waals surface area contributed by atoms with Crippen LogP contribution >= 0.6 is 11.6 Å². The van der Waals surface area contributed by atoms with Crippen molar-refractivity contribution in [2.24, 2.45) is 0 Å². The molecule has 2 rings (SSSR count). The maximum Gasteiger partial charge on any atom is 0.245 e. The van der Waals surface area contributed by atoms with Crippen LogP contribution in [0.25, 0.3) is 0 Å². The lowest BCUT2D eigenvalue weighted by Crippen LogP contribution is -2.41. The normalized spacial score (nSPS) is 16.4. The molecule has 1 aromatic rings. The van der Waals surface area contributed by atoms with Crippen molar-refractivity contribution in [3.8, 4) is 5.88 Å². The van der Waals surface area contributed by atoms with Crippen molar-refractivity contribution in [1.82, 2.24) is 9.88 Å². The highest BCUT2D eigenvalue weighted by atomic mass is 35.5. The van der Waals surface area contributed by atoms with Gasteiger partial charge in [0.15, 0.2) is 0 Å². The zero-order valence-corrected chi connectivity index (χ0v) is 10.8. The lowest BCUT2D eigenvalue weighted by Gasteiger charge is -2.31. The zero-order chi connectivity index (χ0) is 13.0. The van der Waals surface area contributed by atoms with Gasteiger partial charge in [-0.05, 0) is 12.1 Å². The monoisotopic (exact) mass is 266 g/mol. The third kappa shape index (κ3) is 3.23. The molecule has 5 heteroatoms. The highest BCUT2D eigenvalue weighted by molar-refractivity contribution is 6.30. The van der Waals surface area contributed by atoms with Gasteiger partial charge in [-0.2, -0.15) is 0 Å². The molecule has 1 saturated heterocycles. The van der Waals surface area contributed by atoms with Gasteiger partial charge in [0.1, 0.15) is 6.10 Å². The van der Waals surface area contributed by atoms with Crippen molar-refractivity contribution in [2.45, 2.75) is 18.9 Å². The minimum Gasteiger partial charge on any atom is -0.474 e. The maximum absolute atomic E-state index is 11.4. The van der Waals surface area contributed by atoms with Crippen LogP contribution in [0, 0.1) is 0 Å². The molecule has 18 heavy (non-hydrogen) atoms. The number of halogens is 1. The predicted octanol–water partition coefficient (Wildman–Crippen LogP) is 2.29. The van der Waals surface area contributed by atoms with Crippen LogP contribution in [0.5, 0.6) is 5.88 Å². The number of pyridine rings is 1. The summed E-state index contributed by atoms with van der Waals surface area (Å²) in [5, 5.41) is 0.591. The van der Waals surface area contributed by atoms with Gasteiger partial charge in [0.2, 0.25) is 11.8 Å². The Bertz CT molecular complexity index is 425. The van der Waals surface area contributed by atoms with Crippen molar-refractivity contribution in [3.05, 3.63) is 36.0 Å². The van der Waals surface area contributed by atoms with Gasteiger partial charge in [0.25, 0.3) is 0 Å². The Morgan fingerprint density at radius 1 is 1.50 bits per heavy atom. The molecule has 1 fully saturated rings. The van der Waals surface area contributed by atoms with E-state index in [2.05, 4.69) is 11.6 Å². The fourth-order valence-corrected chi connectivity index (χ4v) is 2.04. The third-order valence-electron chi connectivity index (χ3n) is 2.92. The largest absolute Gasteiger partial charge is 0.474 e. The first kappa shape index (κ1) is 12.9. The Hall–Kier alpha value is -1.55. The molecule has 1 aromatic heterocycles. The first-order valence-corrected chi connectivity index (χ1v) is 6.26. The fourth-order valence-electron chi connectivity index (χ4n) is 1.93. The van der Waals surface area contributed by atoms with Crippen LogP contribution in [0.2, 0.25) is 5.02 Å². The van der Waals surface area contributed by atoms with E-state index >= 15 is 0 Å². The topological polar surface area (TPSA) is 42.4 Å². The van der Waals surface area contributed by atoms with Gasteiger partial charge in [-0.15, -0.1) is 0 Å². The van der Waals surface area contributed by atoms with Gasteiger partial charge in [0, 0.05) is 38.2 Å². The van der Waals surface area contributed by atoms with E-state index < -0.39 is 0 Å². The second-order valence-corrected chi connectivity index (χ2v) is 4.60. The molecule has 96 valence electrons. The van der Waals surface area contributed by atoms with Gasteiger partial charge in [0.05, 0.1) is 5.02 Å². The lowest BCUT2D eigenvalue weighted by molar-refractivity contribution is -0.127. The molecule has 0 saturated carbocycles. The molecule has 1 aliphatic heterocycles. The Balaban J connectivity index is 1.85. The van der Waals surface area contributed by atoms with Crippen LogP contribution in [-0.4, -0.2) is 35.0 Å². The number of hydrogen-bond acceptors (Lipinski definition) is 3. The Morgan fingerprint density at radius 2 is 2.22 bits per heavy atom. The van der Waals surface area contributed by atoms with Crippen LogP contribution in [0.15, 0.2) is 31.0 Å². The summed E-state index contributed by atoms with van der Waals surface area (Å²) in [5.74, 6) is 0.561. The number of piperidine rings is 1. The van der Waals surface area contributed by atoms with Crippen LogP contribution in [0.4, 0.5) is 0 Å². The molecular weight excluding hydrogens is 252 g/mol. The van der Waals surface area contributed by atoms with E-state index in [1.807, 2.05) is 0 Å². The molecule has 0 bridgehead atoms. The zero-order valence-electron chi connectivity index (χ0n) is 10.0. The van der Waals surface area contributed by atoms with Crippen molar-refractivity contribution in [3.63, 3.8) is 0 Å². The molecule has 1 aliphatic rings. The summed E-state index contributed by atoms with van der Waals surface area (Å²) >= 11 is 5.75. The molecule has 0 atom stereocenters. The van der Waals surface area contributed by atoms with Gasteiger partial charge in [-0.25, -0.2) is 4.98 Å². The summed E-state index contributed by atoms with van der Waals surface area (Å²) in [6.45, 7) is 4.88. The Labute approximate surface area is 111 Å². The van der Waals surface area contributed by atoms with Crippen molar-refractivity contribution >= 4 is 17.5 Å². The minimum atomic E-state index is -0.0157. The number of likely N-dealkylation sites (tertiary alicyclic amines) is 1. The van der Waals surface area contributed by atoms with Crippen LogP contribution < -0.4 is 4.74 Å². The molecule has 0 N–H and O–H groups in total. The molecule has 0 aliphatic carbocycles. The SMILES string of the molecule is C=CC(=O)N1CCC(Oc2ccc(Cl)cn2)CC1. The molecular formula is C13H15ClN2O2. The lowest BCUT2D eigenvalue weighted by atomic mass is 10.1. The average Bonchev–Trinajstić information content (AvgIpc) is 2.41. The highest BCUT2D eigenvalue weighted by Gasteiger charge is 2.22. The van der Waals surface area contributed by atoms with E-state index in [9.17, 15) is 4.79 Å². The quantitative estimate of drug-likeness (QED) is 0.789. The standard InChI is InChI=1S/C13H15ClN2O2/c1-2-13(17)16-7-5-11(6-8-16)18-12-4-3-10(14)9-15-12/h2-4,9,11H,1,5-8H2. The number of hydrogen-bond donors (Lipinski definition) is 0. The molecule has 4 nitrogen and oxygen atoms in total. The Morgan fingerprint density at radius 3 is 2.78 bits per heavy atom. The average molecular weight is 267 g/mol. The number of ether oxygens (including phenoxy) is 1. The maximum atomic E-state index is 11.4. The van der Waals surface area contributed by atoms with Gasteiger partial charge in [-0.3, -0.25) is 4.79 Å². The molecule has 2 heterocycles. The van der Waals surface area contributed by atoms with Crippen molar-refractivity contribution in [2.75, 3.05) is 13.1 Å². The Kier molecular flexibility index (Phi) is 4.20. The van der Waals surface area contributed by atoms with Gasteiger partial charge >= 0.3 is 0 Å². The van der Waals surface area contributed by atoms with Crippen LogP contribution in [0.3, 0.4) is 0 Å². The summed E-state index contributed by atoms with van der Waals surface area (Å²) in [4.78, 5) is 17.3. The van der Waals surface area contributed by atoms with Crippen LogP contribution in [-0.2, 0) is 4.79 Å². The van der Waals surface area contributed by atoms with E-state index in [-0.39, 0.29) is 12.0 Å². The molecule has 0 aromatic carbocycles. The molecule has 0 spiro atoms. The van der Waals surface area contributed by atoms with Crippen LogP contribution in [0.1, 0.15) is 12.8 Å². The first-order chi connectivity index (χ1) is 8.69. The summed E-state index contributed by atoms with van der Waals surface area (Å²) in [7, 11) is 0. The minimum absolute atomic E-state index is 0.0157. The van der Waals surface area contributed by atoms with Gasteiger partial charge in [-0.1, -0.05) is 18.2 Å². The summed E-state index contributed by atoms with van der Waals surface area (Å²) < 4.78 is 5.74. The number of aromatic nitrogens is 1. The van der Waals surface area contributed by atoms with E-state index in [0.717, 1.165) is 12.8 Å². The summed E-state index contributed by atoms with van der Waals surface area (Å²) in [6.07, 6.45) is 4.63. The first-order valence-electron chi connectivity index (χ1n) is 5.88. The predicted molar refractivity (Wildman–Crippen MR) is 69.7 cm³/mol. The summed E-state index contributed by atoms with van der Waals surface area (Å²) in [6, 6.07) is 3.50. The molecule has 0 radical (unpaired) electrons. The van der Waals surface area contributed by atoms with E-state index in [0.29, 0.717) is 24.0 Å². The second kappa shape index (κ2) is 5.87. The van der Waals surface area contributed by atoms with Crippen molar-refractivity contribution < 1.29 is 9.53 Å². The number of nitrogens with zero attached hydrogens (tertiary/aromatic N) is 2. The second-order valence-electron chi connectivity index (χ2n) is 4.16. The molecule has 1 amide bonds. The number of carbonyl (C=O) groups is 1. The fraction of sp³-hybridized carbons (Fsp3) is 0.385. The number of rotatable bonds is 3. The number of carbonyl (C=O) groups excluding carboxylic acids is 1. The highest BCUT2D eigenvalue weighted by Crippen LogP contribution is 2.18. The van der Waals surface area contributed by atoms with E-state index in [4.69, 9.17) is 16.3 Å². The summed E-state index contributed by atoms with van der Waals surface area (Å²) in [5.41, 5.74) is 0. The third-order valence-corrected chi connectivity index (χ3v) is 3.14. The van der Waals surface area contributed by atoms with E-state index in [1.54, 1.807) is 23.2 Å². The number of amides is 1. The van der Waals surface area contributed by atoms with Crippen molar-refractivity contribution in [1.29, 1.82) is 0 Å². The molecule has 0 unspecified atom stereocenters.